The highest BCUT2D eigenvalue weighted by molar-refractivity contribution is 5.38. The van der Waals surface area contributed by atoms with Gasteiger partial charge in [0.25, 0.3) is 0 Å². The lowest BCUT2D eigenvalue weighted by Gasteiger charge is -2.41. The van der Waals surface area contributed by atoms with E-state index in [-0.39, 0.29) is 12.1 Å². The van der Waals surface area contributed by atoms with E-state index >= 15 is 0 Å². The van der Waals surface area contributed by atoms with Gasteiger partial charge < -0.3 is 10.1 Å². The lowest BCUT2D eigenvalue weighted by molar-refractivity contribution is 0.164. The Bertz CT molecular complexity index is 894. The Morgan fingerprint density at radius 1 is 0.926 bits per heavy atom. The van der Waals surface area contributed by atoms with Crippen molar-refractivity contribution >= 4 is 0 Å². The summed E-state index contributed by atoms with van der Waals surface area (Å²) in [6, 6.07) is 28.3. The smallest absolute Gasteiger partial charge is 0.123 e. The molecule has 27 heavy (non-hydrogen) atoms. The van der Waals surface area contributed by atoms with Crippen molar-refractivity contribution < 1.29 is 4.74 Å². The molecule has 1 aliphatic heterocycles. The highest BCUT2D eigenvalue weighted by atomic mass is 16.5. The van der Waals surface area contributed by atoms with Crippen LogP contribution in [0.15, 0.2) is 78.9 Å². The van der Waals surface area contributed by atoms with Crippen molar-refractivity contribution in [1.29, 1.82) is 0 Å². The maximum Gasteiger partial charge on any atom is 0.123 e. The fraction of sp³-hybridized carbons (Fsp3) is 0.250. The molecular weight excluding hydrogens is 332 g/mol. The Kier molecular flexibility index (Phi) is 5.23. The molecule has 2 atom stereocenters. The lowest BCUT2D eigenvalue weighted by Crippen LogP contribution is -2.40. The Morgan fingerprint density at radius 3 is 2.44 bits per heavy atom. The molecule has 0 unspecified atom stereocenters. The summed E-state index contributed by atoms with van der Waals surface area (Å²) in [5.74, 6) is 0.929. The first kappa shape index (κ1) is 17.8. The minimum Gasteiger partial charge on any atom is -0.496 e. The number of rotatable bonds is 5. The Labute approximate surface area is 161 Å². The zero-order valence-electron chi connectivity index (χ0n) is 15.9. The van der Waals surface area contributed by atoms with E-state index in [1.165, 1.54) is 22.3 Å². The molecule has 0 saturated heterocycles. The molecule has 0 spiro atoms. The number of fused-ring (bicyclic) bond motifs is 1. The zero-order valence-corrected chi connectivity index (χ0v) is 15.9. The van der Waals surface area contributed by atoms with Gasteiger partial charge in [-0.05, 0) is 29.8 Å². The molecule has 3 aromatic carbocycles. The van der Waals surface area contributed by atoms with Crippen molar-refractivity contribution in [1.82, 2.24) is 10.2 Å². The Balaban J connectivity index is 1.69. The number of nitrogens with one attached hydrogen (secondary N) is 1. The molecule has 0 aliphatic carbocycles. The quantitative estimate of drug-likeness (QED) is 0.715. The fourth-order valence-electron chi connectivity index (χ4n) is 4.16. The molecule has 1 aliphatic rings. The van der Waals surface area contributed by atoms with Crippen molar-refractivity contribution in [3.8, 4) is 5.75 Å². The SMILES string of the molecule is COc1ccccc1CN[C@@H]1c2ccccc2CN(C)[C@H]1c1ccccc1. The summed E-state index contributed by atoms with van der Waals surface area (Å²) in [5.41, 5.74) is 5.30. The molecule has 138 valence electrons. The second-order valence-corrected chi connectivity index (χ2v) is 7.14. The minimum atomic E-state index is 0.215. The largest absolute Gasteiger partial charge is 0.496 e. The first-order valence-corrected chi connectivity index (χ1v) is 9.46. The van der Waals surface area contributed by atoms with Gasteiger partial charge in [-0.3, -0.25) is 4.90 Å². The molecule has 4 rings (SSSR count). The number of ether oxygens (including phenoxy) is 1. The van der Waals surface area contributed by atoms with E-state index < -0.39 is 0 Å². The van der Waals surface area contributed by atoms with Gasteiger partial charge in [-0.15, -0.1) is 0 Å². The van der Waals surface area contributed by atoms with E-state index in [4.69, 9.17) is 4.74 Å². The van der Waals surface area contributed by atoms with Gasteiger partial charge in [0.15, 0.2) is 0 Å². The van der Waals surface area contributed by atoms with Crippen LogP contribution in [0.4, 0.5) is 0 Å². The molecule has 0 bridgehead atoms. The Morgan fingerprint density at radius 2 is 1.63 bits per heavy atom. The predicted octanol–water partition coefficient (Wildman–Crippen LogP) is 4.71. The molecule has 3 nitrogen and oxygen atoms in total. The molecule has 0 amide bonds. The van der Waals surface area contributed by atoms with Crippen LogP contribution in [-0.2, 0) is 13.1 Å². The van der Waals surface area contributed by atoms with Crippen LogP contribution in [0.5, 0.6) is 5.75 Å². The first-order valence-electron chi connectivity index (χ1n) is 9.46. The average molecular weight is 358 g/mol. The molecule has 0 aromatic heterocycles. The number of hydrogen-bond donors (Lipinski definition) is 1. The number of nitrogens with zero attached hydrogens (tertiary/aromatic N) is 1. The van der Waals surface area contributed by atoms with Crippen LogP contribution in [0.25, 0.3) is 0 Å². The van der Waals surface area contributed by atoms with Crippen LogP contribution >= 0.6 is 0 Å². The van der Waals surface area contributed by atoms with Gasteiger partial charge in [0, 0.05) is 18.7 Å². The summed E-state index contributed by atoms with van der Waals surface area (Å²) < 4.78 is 5.54. The van der Waals surface area contributed by atoms with Crippen LogP contribution in [0, 0.1) is 0 Å². The van der Waals surface area contributed by atoms with E-state index in [0.717, 1.165) is 18.8 Å². The summed E-state index contributed by atoms with van der Waals surface area (Å²) in [7, 11) is 3.95. The van der Waals surface area contributed by atoms with Gasteiger partial charge in [-0.2, -0.15) is 0 Å². The van der Waals surface area contributed by atoms with Crippen molar-refractivity contribution in [2.45, 2.75) is 25.2 Å². The predicted molar refractivity (Wildman–Crippen MR) is 110 cm³/mol. The maximum absolute atomic E-state index is 5.54. The highest BCUT2D eigenvalue weighted by Gasteiger charge is 2.33. The van der Waals surface area contributed by atoms with Gasteiger partial charge in [0.05, 0.1) is 19.2 Å². The molecule has 0 fully saturated rings. The van der Waals surface area contributed by atoms with E-state index in [1.54, 1.807) is 7.11 Å². The van der Waals surface area contributed by atoms with Crippen molar-refractivity contribution in [3.05, 3.63) is 101 Å². The van der Waals surface area contributed by atoms with Crippen LogP contribution in [0.1, 0.15) is 34.3 Å². The third-order valence-electron chi connectivity index (χ3n) is 5.45. The van der Waals surface area contributed by atoms with Gasteiger partial charge in [0.2, 0.25) is 0 Å². The fourth-order valence-corrected chi connectivity index (χ4v) is 4.16. The normalized spacial score (nSPS) is 19.5. The zero-order chi connectivity index (χ0) is 18.6. The third kappa shape index (κ3) is 3.61. The second kappa shape index (κ2) is 7.95. The number of hydrogen-bond acceptors (Lipinski definition) is 3. The topological polar surface area (TPSA) is 24.5 Å². The highest BCUT2D eigenvalue weighted by Crippen LogP contribution is 2.40. The summed E-state index contributed by atoms with van der Waals surface area (Å²) in [6.45, 7) is 1.72. The first-order chi connectivity index (χ1) is 13.3. The number of likely N-dealkylation sites (N-methyl/N-ethyl adjacent to an activating group) is 1. The van der Waals surface area contributed by atoms with E-state index in [1.807, 2.05) is 12.1 Å². The maximum atomic E-state index is 5.54. The van der Waals surface area contributed by atoms with Crippen LogP contribution in [0.2, 0.25) is 0 Å². The summed E-state index contributed by atoms with van der Waals surface area (Å²) in [4.78, 5) is 2.44. The van der Waals surface area contributed by atoms with Gasteiger partial charge in [0.1, 0.15) is 5.75 Å². The molecule has 0 radical (unpaired) electrons. The molecule has 3 heteroatoms. The number of benzene rings is 3. The van der Waals surface area contributed by atoms with E-state index in [0.29, 0.717) is 0 Å². The van der Waals surface area contributed by atoms with Crippen molar-refractivity contribution in [3.63, 3.8) is 0 Å². The number of methoxy groups -OCH3 is 1. The summed E-state index contributed by atoms with van der Waals surface area (Å²) >= 11 is 0. The number of para-hydroxylation sites is 1. The lowest BCUT2D eigenvalue weighted by atomic mass is 9.85. The van der Waals surface area contributed by atoms with Gasteiger partial charge in [-0.25, -0.2) is 0 Å². The Hall–Kier alpha value is -2.62. The van der Waals surface area contributed by atoms with Gasteiger partial charge in [-0.1, -0.05) is 72.8 Å². The summed E-state index contributed by atoms with van der Waals surface area (Å²) in [6.07, 6.45) is 0. The van der Waals surface area contributed by atoms with Crippen molar-refractivity contribution in [2.24, 2.45) is 0 Å². The second-order valence-electron chi connectivity index (χ2n) is 7.14. The summed E-state index contributed by atoms with van der Waals surface area (Å²) in [5, 5.41) is 3.83. The molecule has 1 N–H and O–H groups in total. The van der Waals surface area contributed by atoms with Crippen LogP contribution in [0.3, 0.4) is 0 Å². The van der Waals surface area contributed by atoms with Crippen molar-refractivity contribution in [2.75, 3.05) is 14.2 Å². The monoisotopic (exact) mass is 358 g/mol. The van der Waals surface area contributed by atoms with Gasteiger partial charge >= 0.3 is 0 Å². The third-order valence-corrected chi connectivity index (χ3v) is 5.45. The molecule has 3 aromatic rings. The molecule has 1 heterocycles. The minimum absolute atomic E-state index is 0.215. The van der Waals surface area contributed by atoms with E-state index in [9.17, 15) is 0 Å². The molecular formula is C24H26N2O. The van der Waals surface area contributed by atoms with E-state index in [2.05, 4.69) is 84.0 Å². The van der Waals surface area contributed by atoms with Crippen LogP contribution in [-0.4, -0.2) is 19.1 Å². The molecule has 0 saturated carbocycles. The standard InChI is InChI=1S/C24H26N2O/c1-26-17-20-13-6-8-14-21(20)23(24(26)18-10-4-3-5-11-18)25-16-19-12-7-9-15-22(19)27-2/h3-15,23-25H,16-17H2,1-2H3/t23-,24+/m1/s1. The average Bonchev–Trinajstić information content (AvgIpc) is 2.72. The van der Waals surface area contributed by atoms with Crippen LogP contribution < -0.4 is 10.1 Å².